The van der Waals surface area contributed by atoms with Crippen molar-refractivity contribution >= 4 is 17.1 Å². The first-order valence-corrected chi connectivity index (χ1v) is 19.9. The summed E-state index contributed by atoms with van der Waals surface area (Å²) in [5.74, 6) is 0. The molecule has 0 N–H and O–H groups in total. The Kier molecular flexibility index (Phi) is 7.93. The third-order valence-corrected chi connectivity index (χ3v) is 14.2. The molecule has 1 heteroatoms. The molecule has 272 valence electrons. The van der Waals surface area contributed by atoms with Crippen LogP contribution in [0.25, 0.3) is 44.5 Å². The van der Waals surface area contributed by atoms with Gasteiger partial charge in [0.05, 0.1) is 0 Å². The topological polar surface area (TPSA) is 3.24 Å². The molecule has 55 heavy (non-hydrogen) atoms. The molecule has 0 radical (unpaired) electrons. The second kappa shape index (κ2) is 12.4. The zero-order valence-corrected chi connectivity index (χ0v) is 33.5. The molecule has 0 saturated heterocycles. The van der Waals surface area contributed by atoms with Gasteiger partial charge in [-0.2, -0.15) is 0 Å². The highest BCUT2D eigenvalue weighted by atomic mass is 15.1. The van der Waals surface area contributed by atoms with Crippen molar-refractivity contribution in [2.24, 2.45) is 0 Å². The van der Waals surface area contributed by atoms with Gasteiger partial charge >= 0.3 is 0 Å². The van der Waals surface area contributed by atoms with Gasteiger partial charge in [-0.1, -0.05) is 177 Å². The number of benzene rings is 7. The summed E-state index contributed by atoms with van der Waals surface area (Å²) in [6.45, 7) is 19.3. The van der Waals surface area contributed by atoms with E-state index in [1.807, 2.05) is 0 Å². The molecule has 0 amide bonds. The first-order chi connectivity index (χ1) is 26.3. The highest BCUT2D eigenvalue weighted by molar-refractivity contribution is 5.89. The van der Waals surface area contributed by atoms with Crippen molar-refractivity contribution in [2.75, 3.05) is 4.90 Å². The average molecular weight is 714 g/mol. The van der Waals surface area contributed by atoms with Gasteiger partial charge in [0.1, 0.15) is 0 Å². The van der Waals surface area contributed by atoms with E-state index in [4.69, 9.17) is 0 Å². The Morgan fingerprint density at radius 1 is 0.291 bits per heavy atom. The zero-order chi connectivity index (χ0) is 38.3. The molecule has 0 unspecified atom stereocenters. The molecular formula is C54H51N. The van der Waals surface area contributed by atoms with Gasteiger partial charge in [-0.25, -0.2) is 0 Å². The fourth-order valence-electron chi connectivity index (χ4n) is 9.66. The van der Waals surface area contributed by atoms with E-state index in [0.717, 1.165) is 11.4 Å². The molecule has 1 nitrogen and oxygen atoms in total. The summed E-state index contributed by atoms with van der Waals surface area (Å²) >= 11 is 0. The van der Waals surface area contributed by atoms with Crippen LogP contribution in [0.5, 0.6) is 0 Å². The normalized spacial score (nSPS) is 16.6. The summed E-state index contributed by atoms with van der Waals surface area (Å²) in [5, 5.41) is 0. The van der Waals surface area contributed by atoms with Crippen molar-refractivity contribution in [1.29, 1.82) is 0 Å². The number of fused-ring (bicyclic) bond motifs is 6. The summed E-state index contributed by atoms with van der Waals surface area (Å²) in [4.78, 5) is 2.43. The highest BCUT2D eigenvalue weighted by Gasteiger charge is 2.48. The molecule has 0 aliphatic heterocycles. The van der Waals surface area contributed by atoms with Crippen molar-refractivity contribution in [3.8, 4) is 44.5 Å². The molecule has 7 aromatic rings. The zero-order valence-electron chi connectivity index (χ0n) is 33.5. The summed E-state index contributed by atoms with van der Waals surface area (Å²) in [6.07, 6.45) is 0. The Hall–Kier alpha value is -5.66. The minimum absolute atomic E-state index is 0.0383. The van der Waals surface area contributed by atoms with E-state index in [-0.39, 0.29) is 21.7 Å². The third-order valence-electron chi connectivity index (χ3n) is 14.2. The van der Waals surface area contributed by atoms with Crippen LogP contribution in [0.2, 0.25) is 0 Å². The van der Waals surface area contributed by atoms with Crippen LogP contribution in [-0.4, -0.2) is 0 Å². The molecule has 0 aromatic heterocycles. The van der Waals surface area contributed by atoms with Gasteiger partial charge in [0, 0.05) is 22.5 Å². The van der Waals surface area contributed by atoms with Gasteiger partial charge in [-0.15, -0.1) is 0 Å². The Morgan fingerprint density at radius 2 is 0.800 bits per heavy atom. The molecule has 0 fully saturated rings. The maximum absolute atomic E-state index is 2.46. The number of hydrogen-bond donors (Lipinski definition) is 0. The number of rotatable bonds is 5. The molecule has 2 aliphatic rings. The van der Waals surface area contributed by atoms with Crippen molar-refractivity contribution in [3.63, 3.8) is 0 Å². The maximum Gasteiger partial charge on any atom is 0.0467 e. The summed E-state index contributed by atoms with van der Waals surface area (Å²) in [7, 11) is 0. The average Bonchev–Trinajstić information content (AvgIpc) is 3.20. The highest BCUT2D eigenvalue weighted by Crippen LogP contribution is 2.57. The Morgan fingerprint density at radius 3 is 1.56 bits per heavy atom. The van der Waals surface area contributed by atoms with E-state index in [2.05, 4.69) is 224 Å². The Balaban J connectivity index is 1.19. The van der Waals surface area contributed by atoms with Gasteiger partial charge in [0.25, 0.3) is 0 Å². The number of anilines is 3. The van der Waals surface area contributed by atoms with E-state index >= 15 is 0 Å². The molecule has 0 heterocycles. The van der Waals surface area contributed by atoms with Crippen LogP contribution >= 0.6 is 0 Å². The molecule has 7 aromatic carbocycles. The fourth-order valence-corrected chi connectivity index (χ4v) is 9.66. The van der Waals surface area contributed by atoms with Gasteiger partial charge in [-0.05, 0) is 125 Å². The number of para-hydroxylation sites is 1. The molecule has 2 aliphatic carbocycles. The van der Waals surface area contributed by atoms with Crippen molar-refractivity contribution in [1.82, 2.24) is 0 Å². The lowest BCUT2D eigenvalue weighted by molar-refractivity contribution is 0.299. The second-order valence-corrected chi connectivity index (χ2v) is 17.9. The first kappa shape index (κ1) is 35.1. The van der Waals surface area contributed by atoms with Crippen LogP contribution in [0.1, 0.15) is 77.6 Å². The summed E-state index contributed by atoms with van der Waals surface area (Å²) in [5.41, 5.74) is 19.2. The minimum atomic E-state index is -0.0843. The van der Waals surface area contributed by atoms with Gasteiger partial charge < -0.3 is 4.90 Å². The largest absolute Gasteiger partial charge is 0.310 e. The lowest BCUT2D eigenvalue weighted by Gasteiger charge is -2.49. The number of nitrogens with zero attached hydrogens (tertiary/aromatic N) is 1. The van der Waals surface area contributed by atoms with Crippen LogP contribution in [0.3, 0.4) is 0 Å². The van der Waals surface area contributed by atoms with E-state index in [1.54, 1.807) is 0 Å². The summed E-state index contributed by atoms with van der Waals surface area (Å²) < 4.78 is 0. The van der Waals surface area contributed by atoms with Crippen LogP contribution in [0.15, 0.2) is 164 Å². The Bertz CT molecular complexity index is 2590. The monoisotopic (exact) mass is 713 g/mol. The molecule has 0 atom stereocenters. The standard InChI is InChI=1S/C54H51N/c1-51(2)47-28-16-15-25-43(47)44-31-30-41(35-49(44)53(51,5)6)55(39-22-13-10-14-23-39)40-24-17-21-37(33-40)38-29-32-48-46(34-38)45-27-18-26-42(36-19-11-9-12-20-36)50(45)54(7,8)52(48,3)4/h9-35H,1-8H3. The summed E-state index contributed by atoms with van der Waals surface area (Å²) in [6, 6.07) is 61.0. The van der Waals surface area contributed by atoms with E-state index in [1.165, 1.54) is 72.4 Å². The van der Waals surface area contributed by atoms with Crippen LogP contribution in [0, 0.1) is 0 Å². The SMILES string of the molecule is CC1(C)c2ccccc2-c2ccc(N(c3ccccc3)c3cccc(-c4ccc5c(c4)-c4cccc(-c6ccccc6)c4C(C)(C)C5(C)C)c3)cc2C1(C)C. The van der Waals surface area contributed by atoms with E-state index < -0.39 is 0 Å². The first-order valence-electron chi connectivity index (χ1n) is 19.9. The second-order valence-electron chi connectivity index (χ2n) is 17.9. The van der Waals surface area contributed by atoms with E-state index in [9.17, 15) is 0 Å². The maximum atomic E-state index is 2.46. The van der Waals surface area contributed by atoms with Crippen molar-refractivity contribution in [2.45, 2.75) is 77.0 Å². The molecule has 0 bridgehead atoms. The fraction of sp³-hybridized carbons (Fsp3) is 0.222. The third kappa shape index (κ3) is 5.20. The lowest BCUT2D eigenvalue weighted by atomic mass is 9.54. The van der Waals surface area contributed by atoms with Gasteiger partial charge in [0.2, 0.25) is 0 Å². The molecule has 0 spiro atoms. The number of hydrogen-bond acceptors (Lipinski definition) is 1. The van der Waals surface area contributed by atoms with Crippen molar-refractivity contribution < 1.29 is 0 Å². The molecule has 9 rings (SSSR count). The van der Waals surface area contributed by atoms with Crippen LogP contribution < -0.4 is 4.90 Å². The van der Waals surface area contributed by atoms with Crippen molar-refractivity contribution in [3.05, 3.63) is 186 Å². The minimum Gasteiger partial charge on any atom is -0.310 e. The predicted molar refractivity (Wildman–Crippen MR) is 235 cm³/mol. The van der Waals surface area contributed by atoms with Gasteiger partial charge in [0.15, 0.2) is 0 Å². The lowest BCUT2D eigenvalue weighted by Crippen LogP contribution is -2.44. The molecular weight excluding hydrogens is 663 g/mol. The van der Waals surface area contributed by atoms with Gasteiger partial charge in [-0.3, -0.25) is 0 Å². The van der Waals surface area contributed by atoms with E-state index in [0.29, 0.717) is 0 Å². The van der Waals surface area contributed by atoms with Crippen LogP contribution in [-0.2, 0) is 21.7 Å². The molecule has 0 saturated carbocycles. The Labute approximate surface area is 328 Å². The smallest absolute Gasteiger partial charge is 0.0467 e. The predicted octanol–water partition coefficient (Wildman–Crippen LogP) is 15.0. The van der Waals surface area contributed by atoms with Crippen LogP contribution in [0.4, 0.5) is 17.1 Å². The quantitative estimate of drug-likeness (QED) is 0.172.